The summed E-state index contributed by atoms with van der Waals surface area (Å²) in [6, 6.07) is 12.8. The van der Waals surface area contributed by atoms with Gasteiger partial charge in [0.05, 0.1) is 0 Å². The largest absolute Gasteiger partial charge is 0.323 e. The van der Waals surface area contributed by atoms with Crippen molar-refractivity contribution in [3.8, 4) is 0 Å². The van der Waals surface area contributed by atoms with Gasteiger partial charge in [-0.2, -0.15) is 0 Å². The van der Waals surface area contributed by atoms with Crippen LogP contribution in [0.25, 0.3) is 0 Å². The summed E-state index contributed by atoms with van der Waals surface area (Å²) in [6.07, 6.45) is 0. The molecule has 0 radical (unpaired) electrons. The quantitative estimate of drug-likeness (QED) is 0.799. The van der Waals surface area contributed by atoms with Gasteiger partial charge in [0.25, 0.3) is 0 Å². The second-order valence-electron chi connectivity index (χ2n) is 4.77. The van der Waals surface area contributed by atoms with E-state index in [0.717, 1.165) is 23.4 Å². The SMILES string of the molecule is CNCc1cccc(NC(=O)Nc2ccc(C)c(Cl)c2)c1. The lowest BCUT2D eigenvalue weighted by Crippen LogP contribution is -2.19. The Hall–Kier alpha value is -2.04. The van der Waals surface area contributed by atoms with Gasteiger partial charge >= 0.3 is 6.03 Å². The molecule has 0 atom stereocenters. The Balaban J connectivity index is 2.01. The van der Waals surface area contributed by atoms with Crippen LogP contribution in [-0.2, 0) is 6.54 Å². The van der Waals surface area contributed by atoms with E-state index in [1.54, 1.807) is 6.07 Å². The molecule has 0 aliphatic rings. The van der Waals surface area contributed by atoms with Gasteiger partial charge in [0.1, 0.15) is 0 Å². The van der Waals surface area contributed by atoms with Gasteiger partial charge in [0.2, 0.25) is 0 Å². The molecule has 0 unspecified atom stereocenters. The van der Waals surface area contributed by atoms with E-state index >= 15 is 0 Å². The highest BCUT2D eigenvalue weighted by Gasteiger charge is 2.04. The third-order valence-corrected chi connectivity index (χ3v) is 3.40. The highest BCUT2D eigenvalue weighted by atomic mass is 35.5. The normalized spacial score (nSPS) is 10.2. The fourth-order valence-electron chi connectivity index (χ4n) is 1.93. The van der Waals surface area contributed by atoms with E-state index in [4.69, 9.17) is 11.6 Å². The molecule has 0 fully saturated rings. The van der Waals surface area contributed by atoms with Crippen molar-refractivity contribution < 1.29 is 4.79 Å². The van der Waals surface area contributed by atoms with Gasteiger partial charge in [-0.1, -0.05) is 29.8 Å². The lowest BCUT2D eigenvalue weighted by Gasteiger charge is -2.10. The molecule has 0 heterocycles. The average Bonchev–Trinajstić information content (AvgIpc) is 2.43. The lowest BCUT2D eigenvalue weighted by molar-refractivity contribution is 0.262. The number of benzene rings is 2. The van der Waals surface area contributed by atoms with Gasteiger partial charge in [-0.25, -0.2) is 4.79 Å². The van der Waals surface area contributed by atoms with Crippen molar-refractivity contribution in [2.24, 2.45) is 0 Å². The highest BCUT2D eigenvalue weighted by molar-refractivity contribution is 6.31. The Labute approximate surface area is 129 Å². The summed E-state index contributed by atoms with van der Waals surface area (Å²) < 4.78 is 0. The van der Waals surface area contributed by atoms with Crippen LogP contribution in [0.3, 0.4) is 0 Å². The number of hydrogen-bond acceptors (Lipinski definition) is 2. The number of rotatable bonds is 4. The first-order valence-electron chi connectivity index (χ1n) is 6.66. The summed E-state index contributed by atoms with van der Waals surface area (Å²) in [5.41, 5.74) is 3.49. The van der Waals surface area contributed by atoms with Crippen molar-refractivity contribution in [3.05, 3.63) is 58.6 Å². The summed E-state index contributed by atoms with van der Waals surface area (Å²) in [4.78, 5) is 12.0. The zero-order valence-corrected chi connectivity index (χ0v) is 12.8. The highest BCUT2D eigenvalue weighted by Crippen LogP contribution is 2.20. The number of anilines is 2. The van der Waals surface area contributed by atoms with Crippen molar-refractivity contribution >= 4 is 29.0 Å². The summed E-state index contributed by atoms with van der Waals surface area (Å²) >= 11 is 6.03. The van der Waals surface area contributed by atoms with Gasteiger partial charge in [-0.15, -0.1) is 0 Å². The molecule has 0 saturated heterocycles. The van der Waals surface area contributed by atoms with Gasteiger partial charge in [-0.05, 0) is 49.4 Å². The molecule has 2 aromatic carbocycles. The number of halogens is 1. The van der Waals surface area contributed by atoms with Gasteiger partial charge in [0, 0.05) is 22.9 Å². The second kappa shape index (κ2) is 7.11. The van der Waals surface area contributed by atoms with E-state index in [1.807, 2.05) is 50.4 Å². The van der Waals surface area contributed by atoms with Crippen LogP contribution in [0.4, 0.5) is 16.2 Å². The van der Waals surface area contributed by atoms with E-state index in [9.17, 15) is 4.79 Å². The summed E-state index contributed by atoms with van der Waals surface area (Å²) in [5.74, 6) is 0. The smallest absolute Gasteiger partial charge is 0.316 e. The fraction of sp³-hybridized carbons (Fsp3) is 0.188. The first-order valence-corrected chi connectivity index (χ1v) is 7.04. The summed E-state index contributed by atoms with van der Waals surface area (Å²) in [7, 11) is 1.88. The van der Waals surface area contributed by atoms with Gasteiger partial charge < -0.3 is 16.0 Å². The predicted octanol–water partition coefficient (Wildman–Crippen LogP) is 4.01. The first-order chi connectivity index (χ1) is 10.1. The molecular weight excluding hydrogens is 286 g/mol. The molecule has 5 heteroatoms. The van der Waals surface area contributed by atoms with Crippen LogP contribution in [0.1, 0.15) is 11.1 Å². The molecule has 0 saturated carbocycles. The second-order valence-corrected chi connectivity index (χ2v) is 5.18. The monoisotopic (exact) mass is 303 g/mol. The molecule has 0 aliphatic heterocycles. The van der Waals surface area contributed by atoms with Crippen LogP contribution >= 0.6 is 11.6 Å². The van der Waals surface area contributed by atoms with E-state index < -0.39 is 0 Å². The number of nitrogens with one attached hydrogen (secondary N) is 3. The molecule has 4 nitrogen and oxygen atoms in total. The first kappa shape index (κ1) is 15.4. The third kappa shape index (κ3) is 4.48. The Morgan fingerprint density at radius 3 is 2.48 bits per heavy atom. The van der Waals surface area contributed by atoms with E-state index in [1.165, 1.54) is 0 Å². The Morgan fingerprint density at radius 2 is 1.81 bits per heavy atom. The zero-order chi connectivity index (χ0) is 15.2. The van der Waals surface area contributed by atoms with E-state index in [0.29, 0.717) is 10.7 Å². The van der Waals surface area contributed by atoms with E-state index in [2.05, 4.69) is 16.0 Å². The minimum atomic E-state index is -0.295. The number of amides is 2. The zero-order valence-electron chi connectivity index (χ0n) is 12.0. The molecule has 0 aliphatic carbocycles. The number of aryl methyl sites for hydroxylation is 1. The molecule has 0 bridgehead atoms. The maximum Gasteiger partial charge on any atom is 0.323 e. The predicted molar refractivity (Wildman–Crippen MR) is 88.0 cm³/mol. The minimum Gasteiger partial charge on any atom is -0.316 e. The molecule has 110 valence electrons. The van der Waals surface area contributed by atoms with Gasteiger partial charge in [0.15, 0.2) is 0 Å². The molecule has 2 aromatic rings. The number of carbonyl (C=O) groups is 1. The molecule has 3 N–H and O–H groups in total. The van der Waals surface area contributed by atoms with Crippen LogP contribution in [0.15, 0.2) is 42.5 Å². The topological polar surface area (TPSA) is 53.2 Å². The van der Waals surface area contributed by atoms with Crippen LogP contribution in [0.5, 0.6) is 0 Å². The van der Waals surface area contributed by atoms with Crippen LogP contribution < -0.4 is 16.0 Å². The number of carbonyl (C=O) groups excluding carboxylic acids is 1. The van der Waals surface area contributed by atoms with Crippen LogP contribution in [0, 0.1) is 6.92 Å². The molecule has 0 aromatic heterocycles. The number of hydrogen-bond donors (Lipinski definition) is 3. The van der Waals surface area contributed by atoms with Crippen molar-refractivity contribution in [1.29, 1.82) is 0 Å². The third-order valence-electron chi connectivity index (χ3n) is 3.00. The molecule has 21 heavy (non-hydrogen) atoms. The number of urea groups is 1. The minimum absolute atomic E-state index is 0.295. The van der Waals surface area contributed by atoms with Crippen LogP contribution in [-0.4, -0.2) is 13.1 Å². The standard InChI is InChI=1S/C16H18ClN3O/c1-11-6-7-14(9-15(11)17)20-16(21)19-13-5-3-4-12(8-13)10-18-2/h3-9,18H,10H2,1-2H3,(H2,19,20,21). The maximum atomic E-state index is 12.0. The van der Waals surface area contributed by atoms with E-state index in [-0.39, 0.29) is 6.03 Å². The molecule has 2 amide bonds. The van der Waals surface area contributed by atoms with Crippen molar-refractivity contribution in [3.63, 3.8) is 0 Å². The van der Waals surface area contributed by atoms with Crippen molar-refractivity contribution in [1.82, 2.24) is 5.32 Å². The Morgan fingerprint density at radius 1 is 1.10 bits per heavy atom. The van der Waals surface area contributed by atoms with Gasteiger partial charge in [-0.3, -0.25) is 0 Å². The van der Waals surface area contributed by atoms with Crippen molar-refractivity contribution in [2.75, 3.05) is 17.7 Å². The fourth-order valence-corrected chi connectivity index (χ4v) is 2.11. The Bertz CT molecular complexity index is 643. The molecule has 0 spiro atoms. The molecular formula is C16H18ClN3O. The Kier molecular flexibility index (Phi) is 5.20. The molecule has 2 rings (SSSR count). The van der Waals surface area contributed by atoms with Crippen molar-refractivity contribution in [2.45, 2.75) is 13.5 Å². The van der Waals surface area contributed by atoms with Crippen LogP contribution in [0.2, 0.25) is 5.02 Å². The summed E-state index contributed by atoms with van der Waals surface area (Å²) in [5, 5.41) is 9.26. The lowest BCUT2D eigenvalue weighted by atomic mass is 10.2. The summed E-state index contributed by atoms with van der Waals surface area (Å²) in [6.45, 7) is 2.67. The maximum absolute atomic E-state index is 12.0. The average molecular weight is 304 g/mol.